The van der Waals surface area contributed by atoms with Gasteiger partial charge in [0.2, 0.25) is 0 Å². The van der Waals surface area contributed by atoms with Crippen LogP contribution in [0.4, 0.5) is 0 Å². The lowest BCUT2D eigenvalue weighted by Crippen LogP contribution is -2.03. The Balaban J connectivity index is 2.01. The molecule has 1 fully saturated rings. The van der Waals surface area contributed by atoms with Crippen LogP contribution in [0.25, 0.3) is 0 Å². The van der Waals surface area contributed by atoms with E-state index in [4.69, 9.17) is 9.47 Å². The van der Waals surface area contributed by atoms with Crippen LogP contribution in [0.2, 0.25) is 0 Å². The van der Waals surface area contributed by atoms with Crippen LogP contribution in [-0.4, -0.2) is 31.5 Å². The molecule has 1 aliphatic heterocycles. The number of rotatable bonds is 0. The lowest BCUT2D eigenvalue weighted by atomic mass is 10.4. The van der Waals surface area contributed by atoms with Crippen LogP contribution in [0.5, 0.6) is 0 Å². The molecule has 0 N–H and O–H groups in total. The average Bonchev–Trinajstić information content (AvgIpc) is 2.18. The highest BCUT2D eigenvalue weighted by molar-refractivity contribution is 8.76. The first-order valence-corrected chi connectivity index (χ1v) is 7.39. The fourth-order valence-corrected chi connectivity index (χ4v) is 3.32. The maximum atomic E-state index is 5.31. The topological polar surface area (TPSA) is 18.5 Å². The van der Waals surface area contributed by atoms with E-state index in [9.17, 15) is 0 Å². The summed E-state index contributed by atoms with van der Waals surface area (Å²) in [6.07, 6.45) is 4.85. The van der Waals surface area contributed by atoms with E-state index in [-0.39, 0.29) is 0 Å². The van der Waals surface area contributed by atoms with Crippen LogP contribution in [0, 0.1) is 0 Å². The third-order valence-corrected chi connectivity index (χ3v) is 4.36. The van der Waals surface area contributed by atoms with Crippen LogP contribution < -0.4 is 0 Å². The molecule has 1 rings (SSSR count). The van der Waals surface area contributed by atoms with E-state index in [1.54, 1.807) is 0 Å². The zero-order chi connectivity index (χ0) is 9.19. The van der Waals surface area contributed by atoms with E-state index in [2.05, 4.69) is 0 Å². The molecular formula is C9H18O2S2. The summed E-state index contributed by atoms with van der Waals surface area (Å²) in [5.74, 6) is 2.52. The monoisotopic (exact) mass is 222 g/mol. The van der Waals surface area contributed by atoms with E-state index < -0.39 is 0 Å². The highest BCUT2D eigenvalue weighted by atomic mass is 33.1. The average molecular weight is 222 g/mol. The van der Waals surface area contributed by atoms with Gasteiger partial charge < -0.3 is 9.47 Å². The summed E-state index contributed by atoms with van der Waals surface area (Å²) >= 11 is 0. The molecule has 1 heterocycles. The van der Waals surface area contributed by atoms with Crippen LogP contribution in [0.15, 0.2) is 0 Å². The molecule has 0 aromatic heterocycles. The Morgan fingerprint density at radius 3 is 1.77 bits per heavy atom. The summed E-state index contributed by atoms with van der Waals surface area (Å²) in [6, 6.07) is 0. The van der Waals surface area contributed by atoms with Crippen LogP contribution in [0.3, 0.4) is 0 Å². The zero-order valence-electron chi connectivity index (χ0n) is 8.00. The van der Waals surface area contributed by atoms with Crippen molar-refractivity contribution < 1.29 is 9.47 Å². The number of hydrogen-bond acceptors (Lipinski definition) is 4. The summed E-state index contributed by atoms with van der Waals surface area (Å²) in [5.41, 5.74) is 0. The molecule has 0 spiro atoms. The third kappa shape index (κ3) is 7.67. The van der Waals surface area contributed by atoms with Gasteiger partial charge in [-0.3, -0.25) is 0 Å². The van der Waals surface area contributed by atoms with Crippen molar-refractivity contribution in [3.8, 4) is 0 Å². The molecule has 2 nitrogen and oxygen atoms in total. The Hall–Kier alpha value is 0.620. The minimum atomic E-state index is 0.486. The van der Waals surface area contributed by atoms with E-state index in [0.29, 0.717) is 6.79 Å². The van der Waals surface area contributed by atoms with Crippen LogP contribution in [-0.2, 0) is 9.47 Å². The van der Waals surface area contributed by atoms with Gasteiger partial charge in [0, 0.05) is 24.7 Å². The highest BCUT2D eigenvalue weighted by Gasteiger charge is 1.96. The summed E-state index contributed by atoms with van der Waals surface area (Å²) in [5, 5.41) is 0. The molecule has 0 bridgehead atoms. The maximum Gasteiger partial charge on any atom is 0.146 e. The second-order valence-corrected chi connectivity index (χ2v) is 5.69. The SMILES string of the molecule is C1CCSSCCCCOCOC1. The second kappa shape index (κ2) is 9.19. The van der Waals surface area contributed by atoms with E-state index in [1.807, 2.05) is 21.6 Å². The third-order valence-electron chi connectivity index (χ3n) is 1.78. The lowest BCUT2D eigenvalue weighted by Gasteiger charge is -2.03. The van der Waals surface area contributed by atoms with Gasteiger partial charge in [-0.15, -0.1) is 0 Å². The van der Waals surface area contributed by atoms with Crippen molar-refractivity contribution in [3.63, 3.8) is 0 Å². The molecule has 0 atom stereocenters. The lowest BCUT2D eigenvalue weighted by molar-refractivity contribution is -0.0549. The van der Waals surface area contributed by atoms with Gasteiger partial charge in [-0.2, -0.15) is 0 Å². The molecule has 0 radical (unpaired) electrons. The minimum Gasteiger partial charge on any atom is -0.355 e. The van der Waals surface area contributed by atoms with Crippen molar-refractivity contribution in [2.24, 2.45) is 0 Å². The Labute approximate surface area is 88.5 Å². The highest BCUT2D eigenvalue weighted by Crippen LogP contribution is 2.23. The van der Waals surface area contributed by atoms with Crippen LogP contribution in [0.1, 0.15) is 25.7 Å². The van der Waals surface area contributed by atoms with Crippen molar-refractivity contribution in [1.82, 2.24) is 0 Å². The summed E-state index contributed by atoms with van der Waals surface area (Å²) in [6.45, 7) is 2.19. The second-order valence-electron chi connectivity index (χ2n) is 2.99. The molecule has 0 aromatic rings. The Morgan fingerprint density at radius 1 is 0.692 bits per heavy atom. The molecule has 78 valence electrons. The van der Waals surface area contributed by atoms with Crippen molar-refractivity contribution in [1.29, 1.82) is 0 Å². The van der Waals surface area contributed by atoms with E-state index >= 15 is 0 Å². The van der Waals surface area contributed by atoms with Gasteiger partial charge in [0.1, 0.15) is 6.79 Å². The predicted octanol–water partition coefficient (Wildman–Crippen LogP) is 2.93. The molecule has 0 saturated carbocycles. The normalized spacial score (nSPS) is 24.0. The molecule has 0 amide bonds. The smallest absolute Gasteiger partial charge is 0.146 e. The molecule has 1 saturated heterocycles. The number of ether oxygens (including phenoxy) is 2. The molecule has 0 unspecified atom stereocenters. The fraction of sp³-hybridized carbons (Fsp3) is 1.00. The van der Waals surface area contributed by atoms with Gasteiger partial charge >= 0.3 is 0 Å². The largest absolute Gasteiger partial charge is 0.355 e. The quantitative estimate of drug-likeness (QED) is 0.586. The van der Waals surface area contributed by atoms with Gasteiger partial charge in [-0.25, -0.2) is 0 Å². The number of hydrogen-bond donors (Lipinski definition) is 0. The Morgan fingerprint density at radius 2 is 1.23 bits per heavy atom. The molecule has 0 aliphatic carbocycles. The van der Waals surface area contributed by atoms with Crippen molar-refractivity contribution in [3.05, 3.63) is 0 Å². The predicted molar refractivity (Wildman–Crippen MR) is 60.2 cm³/mol. The first kappa shape index (κ1) is 11.7. The maximum absolute atomic E-state index is 5.31. The van der Waals surface area contributed by atoms with E-state index in [1.165, 1.54) is 24.3 Å². The molecule has 13 heavy (non-hydrogen) atoms. The van der Waals surface area contributed by atoms with Crippen molar-refractivity contribution in [2.45, 2.75) is 25.7 Å². The standard InChI is InChI=1S/C9H18O2S2/c1-3-7-12-13-8-4-2-6-11-9-10-5-1/h1-9H2. The Kier molecular flexibility index (Phi) is 8.26. The summed E-state index contributed by atoms with van der Waals surface area (Å²) in [7, 11) is 3.99. The molecule has 1 aliphatic rings. The Bertz CT molecular complexity index is 63.7. The summed E-state index contributed by atoms with van der Waals surface area (Å²) < 4.78 is 10.6. The van der Waals surface area contributed by atoms with Gasteiger partial charge in [-0.05, 0) is 25.7 Å². The molecular weight excluding hydrogens is 204 g/mol. The first-order valence-electron chi connectivity index (χ1n) is 4.90. The van der Waals surface area contributed by atoms with Gasteiger partial charge in [0.25, 0.3) is 0 Å². The van der Waals surface area contributed by atoms with Crippen LogP contribution >= 0.6 is 21.6 Å². The molecule has 4 heteroatoms. The van der Waals surface area contributed by atoms with Crippen molar-refractivity contribution >= 4 is 21.6 Å². The van der Waals surface area contributed by atoms with E-state index in [0.717, 1.165) is 26.1 Å². The fourth-order valence-electron chi connectivity index (χ4n) is 1.02. The zero-order valence-corrected chi connectivity index (χ0v) is 9.63. The first-order chi connectivity index (χ1) is 6.50. The minimum absolute atomic E-state index is 0.486. The van der Waals surface area contributed by atoms with Gasteiger partial charge in [0.15, 0.2) is 0 Å². The van der Waals surface area contributed by atoms with Gasteiger partial charge in [0.05, 0.1) is 0 Å². The summed E-state index contributed by atoms with van der Waals surface area (Å²) in [4.78, 5) is 0. The van der Waals surface area contributed by atoms with Gasteiger partial charge in [-0.1, -0.05) is 21.6 Å². The molecule has 0 aromatic carbocycles. The van der Waals surface area contributed by atoms with Crippen molar-refractivity contribution in [2.75, 3.05) is 31.5 Å².